The number of aliphatic hydroxyl groups is 4. The maximum Gasteiger partial charge on any atom is 0.341 e. The van der Waals surface area contributed by atoms with Gasteiger partial charge in [0.2, 0.25) is 5.43 Å². The summed E-state index contributed by atoms with van der Waals surface area (Å²) in [5.74, 6) is -2.19. The van der Waals surface area contributed by atoms with E-state index in [1.54, 1.807) is 4.90 Å². The fourth-order valence-corrected chi connectivity index (χ4v) is 3.39. The highest BCUT2D eigenvalue weighted by atomic mass is 19.1. The number of rotatable bonds is 8. The van der Waals surface area contributed by atoms with E-state index in [4.69, 9.17) is 10.2 Å². The van der Waals surface area contributed by atoms with Crippen molar-refractivity contribution in [1.29, 1.82) is 0 Å². The lowest BCUT2D eigenvalue weighted by molar-refractivity contribution is -0.0754. The van der Waals surface area contributed by atoms with Crippen molar-refractivity contribution in [3.63, 3.8) is 0 Å². The molecule has 0 radical (unpaired) electrons. The van der Waals surface area contributed by atoms with Crippen LogP contribution in [0, 0.1) is 5.82 Å². The predicted octanol–water partition coefficient (Wildman–Crippen LogP) is -2.00. The third-order valence-corrected chi connectivity index (χ3v) is 5.11. The van der Waals surface area contributed by atoms with Crippen LogP contribution < -0.4 is 15.6 Å². The Balaban J connectivity index is 1.70. The van der Waals surface area contributed by atoms with E-state index in [0.717, 1.165) is 12.3 Å². The number of nitrogens with one attached hydrogen (secondary N) is 2. The molecule has 0 aromatic carbocycles. The van der Waals surface area contributed by atoms with Gasteiger partial charge in [-0.2, -0.15) is 0 Å². The number of aromatic carboxylic acids is 1. The molecule has 4 atom stereocenters. The summed E-state index contributed by atoms with van der Waals surface area (Å²) < 4.78 is 14.6. The lowest BCUT2D eigenvalue weighted by Gasteiger charge is -2.24. The number of aliphatic hydroxyl groups excluding tert-OH is 4. The fourth-order valence-electron chi connectivity index (χ4n) is 3.39. The Bertz CT molecular complexity index is 985. The van der Waals surface area contributed by atoms with E-state index < -0.39 is 47.7 Å². The van der Waals surface area contributed by atoms with Gasteiger partial charge in [0.15, 0.2) is 11.6 Å². The third-order valence-electron chi connectivity index (χ3n) is 5.11. The molecule has 2 aromatic heterocycles. The summed E-state index contributed by atoms with van der Waals surface area (Å²) in [4.78, 5) is 31.6. The molecule has 3 heterocycles. The summed E-state index contributed by atoms with van der Waals surface area (Å²) in [6.45, 7) is 0.0364. The van der Waals surface area contributed by atoms with Crippen molar-refractivity contribution in [2.75, 3.05) is 31.1 Å². The zero-order valence-electron chi connectivity index (χ0n) is 15.8. The van der Waals surface area contributed by atoms with Crippen LogP contribution in [0.4, 0.5) is 10.2 Å². The first-order chi connectivity index (χ1) is 14.2. The van der Waals surface area contributed by atoms with Gasteiger partial charge in [0.05, 0.1) is 18.1 Å². The number of fused-ring (bicyclic) bond motifs is 1. The molecule has 2 aromatic rings. The Morgan fingerprint density at radius 2 is 2.10 bits per heavy atom. The molecule has 1 unspecified atom stereocenters. The Kier molecular flexibility index (Phi) is 6.63. The molecule has 12 heteroatoms. The van der Waals surface area contributed by atoms with Crippen LogP contribution in [0.15, 0.2) is 17.1 Å². The van der Waals surface area contributed by atoms with Crippen molar-refractivity contribution in [2.45, 2.75) is 30.8 Å². The quantitative estimate of drug-likeness (QED) is 0.250. The second-order valence-electron chi connectivity index (χ2n) is 7.17. The Labute approximate surface area is 169 Å². The smallest absolute Gasteiger partial charge is 0.341 e. The molecule has 1 aliphatic rings. The van der Waals surface area contributed by atoms with Crippen LogP contribution in [0.5, 0.6) is 0 Å². The molecular formula is C18H23FN4O7. The molecule has 0 bridgehead atoms. The second-order valence-corrected chi connectivity index (χ2v) is 7.17. The number of carbonyl (C=O) groups is 1. The molecule has 0 aliphatic carbocycles. The molecular weight excluding hydrogens is 403 g/mol. The fraction of sp³-hybridized carbons (Fsp3) is 0.500. The second kappa shape index (κ2) is 9.02. The van der Waals surface area contributed by atoms with E-state index >= 15 is 0 Å². The minimum Gasteiger partial charge on any atom is -0.477 e. The molecule has 1 aliphatic heterocycles. The zero-order valence-corrected chi connectivity index (χ0v) is 15.8. The van der Waals surface area contributed by atoms with Crippen LogP contribution >= 0.6 is 0 Å². The first kappa shape index (κ1) is 22.1. The SMILES string of the molecule is O=C(O)c1c[nH]c2nc(N3CCC(NC[C@H](O)[C@H](O)[C@H](O)CO)C3)c(F)cc2c1=O. The van der Waals surface area contributed by atoms with Crippen LogP contribution in [-0.4, -0.2) is 92.1 Å². The molecule has 1 fully saturated rings. The minimum absolute atomic E-state index is 0.00168. The van der Waals surface area contributed by atoms with E-state index in [-0.39, 0.29) is 29.4 Å². The van der Waals surface area contributed by atoms with Crippen molar-refractivity contribution in [3.8, 4) is 0 Å². The number of nitrogens with zero attached hydrogens (tertiary/aromatic N) is 2. The average molecular weight is 426 g/mol. The summed E-state index contributed by atoms with van der Waals surface area (Å²) in [6.07, 6.45) is -2.67. The monoisotopic (exact) mass is 426 g/mol. The lowest BCUT2D eigenvalue weighted by Crippen LogP contribution is -2.47. The van der Waals surface area contributed by atoms with Gasteiger partial charge in [0, 0.05) is 31.9 Å². The topological polar surface area (TPSA) is 179 Å². The van der Waals surface area contributed by atoms with Gasteiger partial charge in [-0.25, -0.2) is 14.2 Å². The molecule has 0 saturated carbocycles. The highest BCUT2D eigenvalue weighted by Crippen LogP contribution is 2.24. The number of hydrogen-bond acceptors (Lipinski definition) is 9. The zero-order chi connectivity index (χ0) is 22.0. The first-order valence-electron chi connectivity index (χ1n) is 9.31. The molecule has 7 N–H and O–H groups in total. The molecule has 30 heavy (non-hydrogen) atoms. The van der Waals surface area contributed by atoms with E-state index in [2.05, 4.69) is 15.3 Å². The average Bonchev–Trinajstić information content (AvgIpc) is 3.19. The maximum atomic E-state index is 14.6. The van der Waals surface area contributed by atoms with Gasteiger partial charge < -0.3 is 40.7 Å². The Hall–Kier alpha value is -2.64. The standard InChI is InChI=1S/C18H23FN4O7/c19-11-3-9-14(27)10(18(29)30)4-21-16(9)22-17(11)23-2-1-8(6-23)20-5-12(25)15(28)13(26)7-24/h3-4,8,12-13,15,20,24-26,28H,1-2,5-7H2,(H,29,30)(H,21,22,27)/t8?,12-,13+,15-/m0/s1. The van der Waals surface area contributed by atoms with E-state index in [1.807, 2.05) is 0 Å². The van der Waals surface area contributed by atoms with Crippen LogP contribution in [0.2, 0.25) is 0 Å². The number of H-pyrrole nitrogens is 1. The number of halogens is 1. The largest absolute Gasteiger partial charge is 0.477 e. The summed E-state index contributed by atoms with van der Waals surface area (Å²) in [7, 11) is 0. The Morgan fingerprint density at radius 3 is 2.77 bits per heavy atom. The van der Waals surface area contributed by atoms with E-state index in [9.17, 15) is 29.3 Å². The van der Waals surface area contributed by atoms with Gasteiger partial charge in [-0.05, 0) is 12.5 Å². The van der Waals surface area contributed by atoms with Crippen molar-refractivity contribution >= 4 is 22.8 Å². The van der Waals surface area contributed by atoms with E-state index in [0.29, 0.717) is 19.5 Å². The predicted molar refractivity (Wildman–Crippen MR) is 103 cm³/mol. The number of carboxylic acid groups (broad SMARTS) is 1. The number of carboxylic acids is 1. The van der Waals surface area contributed by atoms with Gasteiger partial charge in [-0.1, -0.05) is 0 Å². The van der Waals surface area contributed by atoms with Crippen LogP contribution in [0.1, 0.15) is 16.8 Å². The van der Waals surface area contributed by atoms with Crippen molar-refractivity contribution in [1.82, 2.24) is 15.3 Å². The number of aromatic nitrogens is 2. The van der Waals surface area contributed by atoms with Crippen molar-refractivity contribution < 1.29 is 34.7 Å². The normalized spacial score (nSPS) is 19.8. The summed E-state index contributed by atoms with van der Waals surface area (Å²) in [6, 6.07) is 0.795. The number of aromatic amines is 1. The van der Waals surface area contributed by atoms with Gasteiger partial charge >= 0.3 is 5.97 Å². The summed E-state index contributed by atoms with van der Waals surface area (Å²) in [5, 5.41) is 49.6. The van der Waals surface area contributed by atoms with Crippen LogP contribution in [0.3, 0.4) is 0 Å². The molecule has 3 rings (SSSR count). The minimum atomic E-state index is -1.51. The number of anilines is 1. The lowest BCUT2D eigenvalue weighted by atomic mass is 10.1. The molecule has 0 amide bonds. The van der Waals surface area contributed by atoms with Gasteiger partial charge in [0.25, 0.3) is 0 Å². The molecule has 11 nitrogen and oxygen atoms in total. The molecule has 1 saturated heterocycles. The Morgan fingerprint density at radius 1 is 1.37 bits per heavy atom. The first-order valence-corrected chi connectivity index (χ1v) is 9.31. The van der Waals surface area contributed by atoms with Crippen LogP contribution in [-0.2, 0) is 0 Å². The van der Waals surface area contributed by atoms with Crippen molar-refractivity contribution in [2.24, 2.45) is 0 Å². The molecule has 164 valence electrons. The molecule has 0 spiro atoms. The van der Waals surface area contributed by atoms with Crippen molar-refractivity contribution in [3.05, 3.63) is 33.9 Å². The third kappa shape index (κ3) is 4.42. The summed E-state index contributed by atoms with van der Waals surface area (Å²) in [5.41, 5.74) is -1.27. The number of hydrogen-bond donors (Lipinski definition) is 7. The highest BCUT2D eigenvalue weighted by Gasteiger charge is 2.29. The van der Waals surface area contributed by atoms with Crippen LogP contribution in [0.25, 0.3) is 11.0 Å². The number of pyridine rings is 2. The van der Waals surface area contributed by atoms with E-state index in [1.165, 1.54) is 0 Å². The van der Waals surface area contributed by atoms with Gasteiger partial charge in [-0.15, -0.1) is 0 Å². The maximum absolute atomic E-state index is 14.6. The van der Waals surface area contributed by atoms with Gasteiger partial charge in [0.1, 0.15) is 23.4 Å². The highest BCUT2D eigenvalue weighted by molar-refractivity contribution is 5.91. The summed E-state index contributed by atoms with van der Waals surface area (Å²) >= 11 is 0. The van der Waals surface area contributed by atoms with Gasteiger partial charge in [-0.3, -0.25) is 4.79 Å².